The summed E-state index contributed by atoms with van der Waals surface area (Å²) in [6.45, 7) is 0.426. The minimum Gasteiger partial charge on any atom is -0.496 e. The number of methoxy groups -OCH3 is 1. The number of amides is 2. The van der Waals surface area contributed by atoms with Gasteiger partial charge in [0, 0.05) is 13.0 Å². The molecule has 2 N–H and O–H groups in total. The van der Waals surface area contributed by atoms with E-state index in [1.807, 2.05) is 54.6 Å². The third-order valence-electron chi connectivity index (χ3n) is 4.56. The predicted octanol–water partition coefficient (Wildman–Crippen LogP) is 4.20. The molecule has 0 bridgehead atoms. The number of carbonyl (C=O) groups is 2. The molecule has 0 saturated heterocycles. The minimum atomic E-state index is -0.227. The number of anilines is 1. The van der Waals surface area contributed by atoms with E-state index in [4.69, 9.17) is 4.74 Å². The lowest BCUT2D eigenvalue weighted by molar-refractivity contribution is -0.116. The summed E-state index contributed by atoms with van der Waals surface area (Å²) in [5.41, 5.74) is 2.93. The Labute approximate surface area is 170 Å². The van der Waals surface area contributed by atoms with Crippen LogP contribution in [0.15, 0.2) is 78.9 Å². The molecule has 0 saturated carbocycles. The summed E-state index contributed by atoms with van der Waals surface area (Å²) >= 11 is 0. The van der Waals surface area contributed by atoms with E-state index in [2.05, 4.69) is 10.6 Å². The van der Waals surface area contributed by atoms with Gasteiger partial charge in [0.15, 0.2) is 0 Å². The molecular weight excluding hydrogens is 364 g/mol. The van der Waals surface area contributed by atoms with Gasteiger partial charge in [0.2, 0.25) is 5.91 Å². The standard InChI is InChI=1S/C24H24N2O3/c1-29-22-14-8-5-11-19(22)15-16-23(27)26-21-13-7-6-12-20(21)24(28)25-17-18-9-3-2-4-10-18/h2-14H,15-17H2,1H3,(H,25,28)(H,26,27). The first-order valence-electron chi connectivity index (χ1n) is 9.50. The van der Waals surface area contributed by atoms with Crippen LogP contribution in [0.25, 0.3) is 0 Å². The van der Waals surface area contributed by atoms with Crippen LogP contribution in [-0.2, 0) is 17.8 Å². The van der Waals surface area contributed by atoms with Crippen molar-refractivity contribution in [1.29, 1.82) is 0 Å². The molecule has 3 aromatic carbocycles. The summed E-state index contributed by atoms with van der Waals surface area (Å²) in [7, 11) is 1.61. The molecular formula is C24H24N2O3. The van der Waals surface area contributed by atoms with Gasteiger partial charge in [-0.25, -0.2) is 0 Å². The largest absolute Gasteiger partial charge is 0.496 e. The zero-order valence-electron chi connectivity index (χ0n) is 16.4. The molecule has 0 spiro atoms. The fraction of sp³-hybridized carbons (Fsp3) is 0.167. The normalized spacial score (nSPS) is 10.2. The fourth-order valence-electron chi connectivity index (χ4n) is 3.03. The number of hydrogen-bond donors (Lipinski definition) is 2. The number of aryl methyl sites for hydroxylation is 1. The molecule has 0 fully saturated rings. The molecule has 0 unspecified atom stereocenters. The van der Waals surface area contributed by atoms with Crippen LogP contribution >= 0.6 is 0 Å². The summed E-state index contributed by atoms with van der Waals surface area (Å²) in [4.78, 5) is 25.1. The first kappa shape index (κ1) is 20.1. The zero-order chi connectivity index (χ0) is 20.5. The zero-order valence-corrected chi connectivity index (χ0v) is 16.4. The van der Waals surface area contributed by atoms with Crippen molar-refractivity contribution in [3.05, 3.63) is 95.6 Å². The van der Waals surface area contributed by atoms with Crippen molar-refractivity contribution >= 4 is 17.5 Å². The first-order chi connectivity index (χ1) is 14.2. The van der Waals surface area contributed by atoms with Gasteiger partial charge in [-0.3, -0.25) is 9.59 Å². The van der Waals surface area contributed by atoms with Crippen molar-refractivity contribution in [3.63, 3.8) is 0 Å². The van der Waals surface area contributed by atoms with E-state index in [1.165, 1.54) is 0 Å². The average molecular weight is 388 g/mol. The smallest absolute Gasteiger partial charge is 0.253 e. The lowest BCUT2D eigenvalue weighted by atomic mass is 10.1. The molecule has 5 nitrogen and oxygen atoms in total. The van der Waals surface area contributed by atoms with E-state index in [9.17, 15) is 9.59 Å². The molecule has 148 valence electrons. The minimum absolute atomic E-state index is 0.154. The van der Waals surface area contributed by atoms with Crippen LogP contribution in [0.1, 0.15) is 27.9 Å². The maximum Gasteiger partial charge on any atom is 0.253 e. The molecule has 5 heteroatoms. The van der Waals surface area contributed by atoms with Crippen molar-refractivity contribution in [2.24, 2.45) is 0 Å². The number of hydrogen-bond acceptors (Lipinski definition) is 3. The number of nitrogens with one attached hydrogen (secondary N) is 2. The van der Waals surface area contributed by atoms with Gasteiger partial charge in [-0.1, -0.05) is 60.7 Å². The third kappa shape index (κ3) is 5.69. The van der Waals surface area contributed by atoms with E-state index in [1.54, 1.807) is 31.4 Å². The molecule has 0 radical (unpaired) electrons. The summed E-state index contributed by atoms with van der Waals surface area (Å²) < 4.78 is 5.33. The van der Waals surface area contributed by atoms with E-state index >= 15 is 0 Å². The summed E-state index contributed by atoms with van der Waals surface area (Å²) in [5, 5.41) is 5.75. The summed E-state index contributed by atoms with van der Waals surface area (Å²) in [6.07, 6.45) is 0.846. The quantitative estimate of drug-likeness (QED) is 0.608. The number of carbonyl (C=O) groups excluding carboxylic acids is 2. The molecule has 3 rings (SSSR count). The van der Waals surface area contributed by atoms with Crippen LogP contribution < -0.4 is 15.4 Å². The molecule has 0 aliphatic carbocycles. The van der Waals surface area contributed by atoms with Gasteiger partial charge >= 0.3 is 0 Å². The van der Waals surface area contributed by atoms with Crippen LogP contribution in [0.2, 0.25) is 0 Å². The van der Waals surface area contributed by atoms with Crippen LogP contribution in [0.4, 0.5) is 5.69 Å². The van der Waals surface area contributed by atoms with Crippen LogP contribution in [0.3, 0.4) is 0 Å². The maximum absolute atomic E-state index is 12.6. The first-order valence-corrected chi connectivity index (χ1v) is 9.50. The van der Waals surface area contributed by atoms with Crippen LogP contribution in [0, 0.1) is 0 Å². The molecule has 2 amide bonds. The molecule has 0 atom stereocenters. The fourth-order valence-corrected chi connectivity index (χ4v) is 3.03. The highest BCUT2D eigenvalue weighted by atomic mass is 16.5. The van der Waals surface area contributed by atoms with Crippen molar-refractivity contribution in [2.75, 3.05) is 12.4 Å². The monoisotopic (exact) mass is 388 g/mol. The lowest BCUT2D eigenvalue weighted by Gasteiger charge is -2.12. The van der Waals surface area contributed by atoms with Crippen LogP contribution in [-0.4, -0.2) is 18.9 Å². The average Bonchev–Trinajstić information content (AvgIpc) is 2.77. The van der Waals surface area contributed by atoms with Gasteiger partial charge < -0.3 is 15.4 Å². The Balaban J connectivity index is 1.60. The Morgan fingerprint density at radius 1 is 0.862 bits per heavy atom. The van der Waals surface area contributed by atoms with Gasteiger partial charge in [-0.05, 0) is 35.7 Å². The van der Waals surface area contributed by atoms with Crippen molar-refractivity contribution in [1.82, 2.24) is 5.32 Å². The van der Waals surface area contributed by atoms with Gasteiger partial charge in [0.1, 0.15) is 5.75 Å². The number of para-hydroxylation sites is 2. The SMILES string of the molecule is COc1ccccc1CCC(=O)Nc1ccccc1C(=O)NCc1ccccc1. The molecule has 0 heterocycles. The third-order valence-corrected chi connectivity index (χ3v) is 4.56. The van der Waals surface area contributed by atoms with E-state index in [-0.39, 0.29) is 11.8 Å². The van der Waals surface area contributed by atoms with Gasteiger partial charge in [-0.15, -0.1) is 0 Å². The van der Waals surface area contributed by atoms with Gasteiger partial charge in [-0.2, -0.15) is 0 Å². The lowest BCUT2D eigenvalue weighted by Crippen LogP contribution is -2.24. The second-order valence-electron chi connectivity index (χ2n) is 6.57. The van der Waals surface area contributed by atoms with Crippen molar-refractivity contribution < 1.29 is 14.3 Å². The Hall–Kier alpha value is -3.60. The highest BCUT2D eigenvalue weighted by molar-refractivity contribution is 6.03. The Morgan fingerprint density at radius 3 is 2.34 bits per heavy atom. The molecule has 0 aliphatic rings. The van der Waals surface area contributed by atoms with Crippen molar-refractivity contribution in [2.45, 2.75) is 19.4 Å². The Kier molecular flexibility index (Phi) is 7.00. The highest BCUT2D eigenvalue weighted by Gasteiger charge is 2.13. The molecule has 29 heavy (non-hydrogen) atoms. The number of benzene rings is 3. The summed E-state index contributed by atoms with van der Waals surface area (Å²) in [6, 6.07) is 24.3. The molecule has 0 aliphatic heterocycles. The van der Waals surface area contributed by atoms with Gasteiger partial charge in [0.05, 0.1) is 18.4 Å². The number of rotatable bonds is 8. The summed E-state index contributed by atoms with van der Waals surface area (Å²) in [5.74, 6) is 0.384. The second-order valence-corrected chi connectivity index (χ2v) is 6.57. The predicted molar refractivity (Wildman–Crippen MR) is 114 cm³/mol. The molecule has 0 aromatic heterocycles. The Bertz CT molecular complexity index is 971. The van der Waals surface area contributed by atoms with Crippen molar-refractivity contribution in [3.8, 4) is 5.75 Å². The second kappa shape index (κ2) is 10.1. The highest BCUT2D eigenvalue weighted by Crippen LogP contribution is 2.20. The van der Waals surface area contributed by atoms with Gasteiger partial charge in [0.25, 0.3) is 5.91 Å². The van der Waals surface area contributed by atoms with E-state index < -0.39 is 0 Å². The van der Waals surface area contributed by atoms with E-state index in [0.717, 1.165) is 16.9 Å². The number of ether oxygens (including phenoxy) is 1. The van der Waals surface area contributed by atoms with Crippen LogP contribution in [0.5, 0.6) is 5.75 Å². The Morgan fingerprint density at radius 2 is 1.55 bits per heavy atom. The molecule has 3 aromatic rings. The topological polar surface area (TPSA) is 67.4 Å². The van der Waals surface area contributed by atoms with E-state index in [0.29, 0.717) is 30.6 Å². The maximum atomic E-state index is 12.6.